The number of hydrogen-bond donors (Lipinski definition) is 2. The summed E-state index contributed by atoms with van der Waals surface area (Å²) in [7, 11) is 2.49. The quantitative estimate of drug-likeness (QED) is 0.472. The van der Waals surface area contributed by atoms with Gasteiger partial charge in [0.2, 0.25) is 5.91 Å². The van der Waals surface area contributed by atoms with E-state index < -0.39 is 11.9 Å². The van der Waals surface area contributed by atoms with Crippen molar-refractivity contribution in [2.45, 2.75) is 12.1 Å². The molecule has 0 saturated carbocycles. The number of aryl methyl sites for hydroxylation is 1. The van der Waals surface area contributed by atoms with Crippen LogP contribution >= 0.6 is 11.8 Å². The molecule has 3 rings (SSSR count). The zero-order valence-corrected chi connectivity index (χ0v) is 16.9. The molecule has 0 aliphatic heterocycles. The van der Waals surface area contributed by atoms with Gasteiger partial charge in [0.15, 0.2) is 5.16 Å². The third-order valence-electron chi connectivity index (χ3n) is 4.08. The summed E-state index contributed by atoms with van der Waals surface area (Å²) in [5.74, 6) is -1.51. The van der Waals surface area contributed by atoms with Crippen LogP contribution in [0.3, 0.4) is 0 Å². The maximum atomic E-state index is 12.4. The molecule has 8 nitrogen and oxygen atoms in total. The van der Waals surface area contributed by atoms with Crippen LogP contribution in [0.1, 0.15) is 26.3 Å². The summed E-state index contributed by atoms with van der Waals surface area (Å²) in [6.45, 7) is 1.99. The predicted molar refractivity (Wildman–Crippen MR) is 109 cm³/mol. The number of thioether (sulfide) groups is 1. The topological polar surface area (TPSA) is 110 Å². The Morgan fingerprint density at radius 3 is 2.55 bits per heavy atom. The number of H-pyrrole nitrogens is 1. The highest BCUT2D eigenvalue weighted by atomic mass is 32.2. The number of carbonyl (C=O) groups excluding carboxylic acids is 3. The molecule has 29 heavy (non-hydrogen) atoms. The van der Waals surface area contributed by atoms with Crippen LogP contribution in [0.5, 0.6) is 0 Å². The summed E-state index contributed by atoms with van der Waals surface area (Å²) in [5, 5.41) is 3.26. The lowest BCUT2D eigenvalue weighted by molar-refractivity contribution is -0.113. The number of nitrogens with one attached hydrogen (secondary N) is 2. The fraction of sp³-hybridized carbons (Fsp3) is 0.200. The van der Waals surface area contributed by atoms with E-state index in [0.717, 1.165) is 16.6 Å². The van der Waals surface area contributed by atoms with Gasteiger partial charge in [-0.05, 0) is 42.8 Å². The van der Waals surface area contributed by atoms with Crippen LogP contribution in [0.25, 0.3) is 11.0 Å². The van der Waals surface area contributed by atoms with E-state index in [1.807, 2.05) is 25.1 Å². The molecule has 0 aliphatic carbocycles. The van der Waals surface area contributed by atoms with Crippen LogP contribution in [0.2, 0.25) is 0 Å². The van der Waals surface area contributed by atoms with E-state index in [1.54, 1.807) is 0 Å². The fourth-order valence-electron chi connectivity index (χ4n) is 2.67. The number of imidazole rings is 1. The van der Waals surface area contributed by atoms with Crippen LogP contribution in [-0.2, 0) is 14.3 Å². The van der Waals surface area contributed by atoms with Crippen molar-refractivity contribution in [2.75, 3.05) is 25.3 Å². The fourth-order valence-corrected chi connectivity index (χ4v) is 3.35. The Bertz CT molecular complexity index is 1090. The van der Waals surface area contributed by atoms with Crippen LogP contribution in [0, 0.1) is 6.92 Å². The van der Waals surface area contributed by atoms with Crippen LogP contribution in [0.4, 0.5) is 5.69 Å². The number of fused-ring (bicyclic) bond motifs is 1. The molecular formula is C20H19N3O5S. The number of amides is 1. The van der Waals surface area contributed by atoms with Gasteiger partial charge in [0, 0.05) is 0 Å². The summed E-state index contributed by atoms with van der Waals surface area (Å²) >= 11 is 1.23. The van der Waals surface area contributed by atoms with E-state index in [-0.39, 0.29) is 28.5 Å². The van der Waals surface area contributed by atoms with E-state index in [0.29, 0.717) is 5.16 Å². The van der Waals surface area contributed by atoms with E-state index in [4.69, 9.17) is 4.74 Å². The lowest BCUT2D eigenvalue weighted by Crippen LogP contribution is -2.18. The van der Waals surface area contributed by atoms with Gasteiger partial charge in [-0.25, -0.2) is 14.6 Å². The summed E-state index contributed by atoms with van der Waals surface area (Å²) in [5.41, 5.74) is 3.33. The molecule has 150 valence electrons. The largest absolute Gasteiger partial charge is 0.465 e. The number of hydrogen-bond acceptors (Lipinski definition) is 7. The highest BCUT2D eigenvalue weighted by Gasteiger charge is 2.17. The van der Waals surface area contributed by atoms with Crippen molar-refractivity contribution in [3.05, 3.63) is 53.1 Å². The van der Waals surface area contributed by atoms with E-state index in [1.165, 1.54) is 44.2 Å². The molecule has 0 bridgehead atoms. The third kappa shape index (κ3) is 4.75. The summed E-state index contributed by atoms with van der Waals surface area (Å²) in [4.78, 5) is 43.7. The Kier molecular flexibility index (Phi) is 6.18. The molecule has 0 saturated heterocycles. The summed E-state index contributed by atoms with van der Waals surface area (Å²) in [6.07, 6.45) is 0. The zero-order chi connectivity index (χ0) is 21.0. The van der Waals surface area contributed by atoms with Crippen molar-refractivity contribution < 1.29 is 23.9 Å². The van der Waals surface area contributed by atoms with E-state index >= 15 is 0 Å². The lowest BCUT2D eigenvalue weighted by Gasteiger charge is -2.11. The molecule has 2 N–H and O–H groups in total. The molecule has 9 heteroatoms. The number of aromatic nitrogens is 2. The molecule has 1 amide bonds. The second-order valence-electron chi connectivity index (χ2n) is 6.14. The predicted octanol–water partition coefficient (Wildman–Crippen LogP) is 3.18. The molecule has 0 aliphatic rings. The number of nitrogens with zero attached hydrogens (tertiary/aromatic N) is 1. The minimum atomic E-state index is -0.628. The number of anilines is 1. The number of carbonyl (C=O) groups is 3. The zero-order valence-electron chi connectivity index (χ0n) is 16.1. The van der Waals surface area contributed by atoms with Gasteiger partial charge in [0.1, 0.15) is 0 Å². The first-order valence-corrected chi connectivity index (χ1v) is 9.59. The Labute approximate surface area is 171 Å². The molecular weight excluding hydrogens is 394 g/mol. The van der Waals surface area contributed by atoms with Gasteiger partial charge in [0.05, 0.1) is 47.8 Å². The Morgan fingerprint density at radius 2 is 1.83 bits per heavy atom. The highest BCUT2D eigenvalue weighted by Crippen LogP contribution is 2.23. The van der Waals surface area contributed by atoms with Crippen LogP contribution in [-0.4, -0.2) is 47.8 Å². The standard InChI is InChI=1S/C20H19N3O5S/c1-11-4-7-14-16(8-11)23-20(22-14)29-10-17(24)21-15-9-12(18(25)27-2)5-6-13(15)19(26)28-3/h4-9H,10H2,1-3H3,(H,21,24)(H,22,23). The van der Waals surface area contributed by atoms with Gasteiger partial charge in [-0.2, -0.15) is 0 Å². The van der Waals surface area contributed by atoms with Crippen molar-refractivity contribution >= 4 is 46.3 Å². The van der Waals surface area contributed by atoms with Crippen molar-refractivity contribution in [2.24, 2.45) is 0 Å². The Hall–Kier alpha value is -3.33. The molecule has 0 spiro atoms. The van der Waals surface area contributed by atoms with Gasteiger partial charge < -0.3 is 19.8 Å². The monoisotopic (exact) mass is 413 g/mol. The number of rotatable bonds is 6. The smallest absolute Gasteiger partial charge is 0.339 e. The number of benzene rings is 2. The average Bonchev–Trinajstić information content (AvgIpc) is 3.13. The van der Waals surface area contributed by atoms with E-state index in [9.17, 15) is 14.4 Å². The number of ether oxygens (including phenoxy) is 2. The van der Waals surface area contributed by atoms with Crippen molar-refractivity contribution in [1.29, 1.82) is 0 Å². The van der Waals surface area contributed by atoms with Gasteiger partial charge in [-0.3, -0.25) is 4.79 Å². The molecule has 0 fully saturated rings. The Morgan fingerprint density at radius 1 is 1.07 bits per heavy atom. The van der Waals surface area contributed by atoms with Crippen molar-refractivity contribution in [1.82, 2.24) is 9.97 Å². The van der Waals surface area contributed by atoms with Crippen molar-refractivity contribution in [3.63, 3.8) is 0 Å². The van der Waals surface area contributed by atoms with Gasteiger partial charge in [0.25, 0.3) is 0 Å². The molecule has 2 aromatic carbocycles. The summed E-state index contributed by atoms with van der Waals surface area (Å²) in [6, 6.07) is 10.1. The first-order chi connectivity index (χ1) is 13.9. The third-order valence-corrected chi connectivity index (χ3v) is 4.95. The highest BCUT2D eigenvalue weighted by molar-refractivity contribution is 7.99. The Balaban J connectivity index is 1.74. The first kappa shape index (κ1) is 20.4. The average molecular weight is 413 g/mol. The summed E-state index contributed by atoms with van der Waals surface area (Å²) < 4.78 is 9.41. The number of aromatic amines is 1. The molecule has 0 unspecified atom stereocenters. The van der Waals surface area contributed by atoms with Gasteiger partial charge >= 0.3 is 11.9 Å². The maximum Gasteiger partial charge on any atom is 0.339 e. The van der Waals surface area contributed by atoms with Crippen LogP contribution < -0.4 is 5.32 Å². The SMILES string of the molecule is COC(=O)c1ccc(C(=O)OC)c(NC(=O)CSc2nc3ccc(C)cc3[nH]2)c1. The van der Waals surface area contributed by atoms with Gasteiger partial charge in [-0.1, -0.05) is 17.8 Å². The minimum Gasteiger partial charge on any atom is -0.465 e. The molecule has 1 aromatic heterocycles. The van der Waals surface area contributed by atoms with E-state index in [2.05, 4.69) is 20.0 Å². The first-order valence-electron chi connectivity index (χ1n) is 8.61. The molecule has 0 atom stereocenters. The second-order valence-corrected chi connectivity index (χ2v) is 7.11. The van der Waals surface area contributed by atoms with Gasteiger partial charge in [-0.15, -0.1) is 0 Å². The van der Waals surface area contributed by atoms with Crippen LogP contribution in [0.15, 0.2) is 41.6 Å². The minimum absolute atomic E-state index is 0.0574. The second kappa shape index (κ2) is 8.78. The normalized spacial score (nSPS) is 10.6. The maximum absolute atomic E-state index is 12.4. The molecule has 0 radical (unpaired) electrons. The molecule has 1 heterocycles. The number of methoxy groups -OCH3 is 2. The molecule has 3 aromatic rings. The van der Waals surface area contributed by atoms with Crippen molar-refractivity contribution in [3.8, 4) is 0 Å². The lowest BCUT2D eigenvalue weighted by atomic mass is 10.1. The number of esters is 2.